The average Bonchev–Trinajstić information content (AvgIpc) is 3.31. The topological polar surface area (TPSA) is 259 Å². The molecule has 0 aromatic carbocycles. The number of nitrogens with one attached hydrogen (secondary N) is 4. The van der Waals surface area contributed by atoms with Gasteiger partial charge >= 0.3 is 11.9 Å². The summed E-state index contributed by atoms with van der Waals surface area (Å²) in [6, 6.07) is -4.61. The van der Waals surface area contributed by atoms with Crippen LogP contribution in [0.5, 0.6) is 0 Å². The average molecular weight is 488 g/mol. The molecule has 1 aliphatic rings. The molecular weight excluding hydrogens is 454 g/mol. The van der Waals surface area contributed by atoms with Crippen LogP contribution in [0.3, 0.4) is 0 Å². The first-order chi connectivity index (χ1) is 16.0. The van der Waals surface area contributed by atoms with E-state index in [9.17, 15) is 24.0 Å². The molecule has 1 fully saturated rings. The summed E-state index contributed by atoms with van der Waals surface area (Å²) in [5.74, 6) is -5.04. The van der Waals surface area contributed by atoms with E-state index in [4.69, 9.17) is 26.8 Å². The first kappa shape index (κ1) is 28.6. The molecular formula is C19H33N7O8. The fraction of sp³-hybridized carbons (Fsp3) is 0.684. The van der Waals surface area contributed by atoms with E-state index in [1.807, 2.05) is 5.32 Å². The Balaban J connectivity index is 2.94. The molecule has 1 saturated heterocycles. The lowest BCUT2D eigenvalue weighted by Gasteiger charge is -2.24. The Labute approximate surface area is 195 Å². The summed E-state index contributed by atoms with van der Waals surface area (Å²) in [7, 11) is 0. The molecule has 0 spiro atoms. The van der Waals surface area contributed by atoms with Gasteiger partial charge in [-0.25, -0.2) is 4.79 Å². The summed E-state index contributed by atoms with van der Waals surface area (Å²) in [6.45, 7) is -0.0611. The Kier molecular flexibility index (Phi) is 12.3. The molecule has 11 N–H and O–H groups in total. The van der Waals surface area contributed by atoms with Crippen molar-refractivity contribution in [1.29, 1.82) is 0 Å². The number of guanidine groups is 1. The maximum Gasteiger partial charge on any atom is 0.328 e. The minimum Gasteiger partial charge on any atom is -0.481 e. The van der Waals surface area contributed by atoms with Crippen molar-refractivity contribution in [2.24, 2.45) is 16.5 Å². The number of carbonyl (C=O) groups is 5. The van der Waals surface area contributed by atoms with Crippen LogP contribution in [-0.2, 0) is 24.0 Å². The van der Waals surface area contributed by atoms with Gasteiger partial charge in [-0.1, -0.05) is 0 Å². The van der Waals surface area contributed by atoms with E-state index in [0.29, 0.717) is 19.4 Å². The number of carbonyl (C=O) groups excluding carboxylic acids is 3. The Morgan fingerprint density at radius 2 is 1.59 bits per heavy atom. The lowest BCUT2D eigenvalue weighted by Crippen LogP contribution is -2.57. The molecule has 15 nitrogen and oxygen atoms in total. The first-order valence-electron chi connectivity index (χ1n) is 10.8. The quantitative estimate of drug-likeness (QED) is 0.0614. The Morgan fingerprint density at radius 3 is 2.09 bits per heavy atom. The van der Waals surface area contributed by atoms with E-state index >= 15 is 0 Å². The van der Waals surface area contributed by atoms with Crippen LogP contribution in [0.15, 0.2) is 4.99 Å². The standard InChI is InChI=1S/C19H33N7O8/c20-19(21)23-8-2-4-11(24-15(30)10-3-1-7-22-10)16(31)25-12(5-6-14(28)29)17(32)26-13(9-27)18(33)34/h10-13,22,27H,1-9H2,(H,24,30)(H,25,31)(H,26,32)(H,28,29)(H,33,34)(H4,20,21,23). The third kappa shape index (κ3) is 10.4. The Bertz CT molecular complexity index is 766. The maximum absolute atomic E-state index is 12.9. The Morgan fingerprint density at radius 1 is 0.971 bits per heavy atom. The number of hydrogen-bond acceptors (Lipinski definition) is 8. The number of aliphatic carboxylic acids is 2. The number of nitrogens with zero attached hydrogens (tertiary/aromatic N) is 1. The molecule has 4 unspecified atom stereocenters. The van der Waals surface area contributed by atoms with Crippen molar-refractivity contribution >= 4 is 35.6 Å². The van der Waals surface area contributed by atoms with Gasteiger partial charge in [-0.05, 0) is 38.6 Å². The monoisotopic (exact) mass is 487 g/mol. The Hall–Kier alpha value is -3.46. The van der Waals surface area contributed by atoms with Gasteiger partial charge in [0.05, 0.1) is 12.6 Å². The minimum atomic E-state index is -1.64. The van der Waals surface area contributed by atoms with Crippen molar-refractivity contribution in [3.63, 3.8) is 0 Å². The van der Waals surface area contributed by atoms with Gasteiger partial charge in [0.2, 0.25) is 17.7 Å². The number of hydrogen-bond donors (Lipinski definition) is 9. The van der Waals surface area contributed by atoms with Crippen LogP contribution in [0, 0.1) is 0 Å². The highest BCUT2D eigenvalue weighted by atomic mass is 16.4. The molecule has 0 aromatic rings. The van der Waals surface area contributed by atoms with Crippen molar-refractivity contribution in [1.82, 2.24) is 21.3 Å². The van der Waals surface area contributed by atoms with E-state index in [2.05, 4.69) is 20.9 Å². The highest BCUT2D eigenvalue weighted by Crippen LogP contribution is 2.08. The van der Waals surface area contributed by atoms with Crippen LogP contribution in [0.1, 0.15) is 38.5 Å². The summed E-state index contributed by atoms with van der Waals surface area (Å²) >= 11 is 0. The molecule has 0 radical (unpaired) electrons. The highest BCUT2D eigenvalue weighted by molar-refractivity contribution is 5.94. The van der Waals surface area contributed by atoms with Crippen molar-refractivity contribution in [3.05, 3.63) is 0 Å². The molecule has 1 aliphatic heterocycles. The molecule has 4 atom stereocenters. The second-order valence-corrected chi connectivity index (χ2v) is 7.73. The predicted molar refractivity (Wildman–Crippen MR) is 118 cm³/mol. The molecule has 1 heterocycles. The van der Waals surface area contributed by atoms with Crippen molar-refractivity contribution in [2.45, 2.75) is 62.7 Å². The minimum absolute atomic E-state index is 0.114. The molecule has 0 aliphatic carbocycles. The number of aliphatic hydroxyl groups excluding tert-OH is 1. The van der Waals surface area contributed by atoms with Crippen LogP contribution in [-0.4, -0.2) is 94.8 Å². The van der Waals surface area contributed by atoms with Crippen LogP contribution in [0.25, 0.3) is 0 Å². The van der Waals surface area contributed by atoms with E-state index in [1.54, 1.807) is 0 Å². The first-order valence-corrected chi connectivity index (χ1v) is 10.8. The normalized spacial score (nSPS) is 17.6. The molecule has 34 heavy (non-hydrogen) atoms. The third-order valence-corrected chi connectivity index (χ3v) is 5.03. The second-order valence-electron chi connectivity index (χ2n) is 7.73. The zero-order valence-corrected chi connectivity index (χ0v) is 18.7. The van der Waals surface area contributed by atoms with Gasteiger partial charge in [-0.15, -0.1) is 0 Å². The summed E-state index contributed by atoms with van der Waals surface area (Å²) < 4.78 is 0. The fourth-order valence-electron chi connectivity index (χ4n) is 3.22. The van der Waals surface area contributed by atoms with Gasteiger partial charge < -0.3 is 48.1 Å². The summed E-state index contributed by atoms with van der Waals surface area (Å²) in [5, 5.41) is 37.1. The molecule has 0 aromatic heterocycles. The molecule has 192 valence electrons. The number of carboxylic acids is 2. The number of carboxylic acid groups (broad SMARTS) is 2. The maximum atomic E-state index is 12.9. The fourth-order valence-corrected chi connectivity index (χ4v) is 3.22. The van der Waals surface area contributed by atoms with Crippen LogP contribution >= 0.6 is 0 Å². The van der Waals surface area contributed by atoms with Crippen LogP contribution in [0.2, 0.25) is 0 Å². The van der Waals surface area contributed by atoms with Gasteiger partial charge in [0.15, 0.2) is 5.96 Å². The van der Waals surface area contributed by atoms with E-state index in [0.717, 1.165) is 6.42 Å². The molecule has 0 bridgehead atoms. The van der Waals surface area contributed by atoms with Gasteiger partial charge in [-0.2, -0.15) is 0 Å². The van der Waals surface area contributed by atoms with Gasteiger partial charge in [0, 0.05) is 13.0 Å². The lowest BCUT2D eigenvalue weighted by molar-refractivity contribution is -0.144. The van der Waals surface area contributed by atoms with Crippen molar-refractivity contribution < 1.29 is 39.3 Å². The van der Waals surface area contributed by atoms with Crippen molar-refractivity contribution in [2.75, 3.05) is 19.7 Å². The number of amides is 3. The molecule has 3 amide bonds. The number of aliphatic hydroxyl groups is 1. The zero-order chi connectivity index (χ0) is 25.7. The summed E-state index contributed by atoms with van der Waals surface area (Å²) in [4.78, 5) is 63.9. The van der Waals surface area contributed by atoms with E-state index in [-0.39, 0.29) is 25.3 Å². The molecule has 0 saturated carbocycles. The lowest BCUT2D eigenvalue weighted by atomic mass is 10.1. The predicted octanol–water partition coefficient (Wildman–Crippen LogP) is -3.81. The van der Waals surface area contributed by atoms with E-state index < -0.39 is 66.9 Å². The van der Waals surface area contributed by atoms with Crippen LogP contribution < -0.4 is 32.7 Å². The summed E-state index contributed by atoms with van der Waals surface area (Å²) in [6.07, 6.45) is 0.975. The van der Waals surface area contributed by atoms with E-state index in [1.165, 1.54) is 0 Å². The van der Waals surface area contributed by atoms with Gasteiger partial charge in [-0.3, -0.25) is 24.2 Å². The molecule has 15 heteroatoms. The van der Waals surface area contributed by atoms with Crippen LogP contribution in [0.4, 0.5) is 0 Å². The number of nitrogens with two attached hydrogens (primary N) is 2. The van der Waals surface area contributed by atoms with Gasteiger partial charge in [0.25, 0.3) is 0 Å². The van der Waals surface area contributed by atoms with Gasteiger partial charge in [0.1, 0.15) is 18.1 Å². The summed E-state index contributed by atoms with van der Waals surface area (Å²) in [5.41, 5.74) is 10.6. The number of aliphatic imine (C=N–C) groups is 1. The third-order valence-electron chi connectivity index (χ3n) is 5.03. The smallest absolute Gasteiger partial charge is 0.328 e. The zero-order valence-electron chi connectivity index (χ0n) is 18.7. The second kappa shape index (κ2) is 14.6. The molecule has 1 rings (SSSR count). The van der Waals surface area contributed by atoms with Crippen molar-refractivity contribution in [3.8, 4) is 0 Å². The highest BCUT2D eigenvalue weighted by Gasteiger charge is 2.31. The SMILES string of the molecule is NC(N)=NCCCC(NC(=O)C1CCCN1)C(=O)NC(CCC(=O)O)C(=O)NC(CO)C(=O)O. The number of rotatable bonds is 15. The largest absolute Gasteiger partial charge is 0.481 e.